The second-order valence-electron chi connectivity index (χ2n) is 12.5. The Labute approximate surface area is 234 Å². The van der Waals surface area contributed by atoms with Crippen LogP contribution >= 0.6 is 22.6 Å². The number of nitrogens with zero attached hydrogens (tertiary/aromatic N) is 5. The van der Waals surface area contributed by atoms with E-state index < -0.39 is 13.7 Å². The van der Waals surface area contributed by atoms with Crippen LogP contribution < -0.4 is 10.2 Å². The van der Waals surface area contributed by atoms with Crippen LogP contribution in [0.3, 0.4) is 0 Å². The van der Waals surface area contributed by atoms with Gasteiger partial charge in [-0.25, -0.2) is 19.4 Å². The van der Waals surface area contributed by atoms with Crippen molar-refractivity contribution in [3.05, 3.63) is 9.90 Å². The van der Waals surface area contributed by atoms with Crippen molar-refractivity contribution in [3.8, 4) is 0 Å². The van der Waals surface area contributed by atoms with E-state index in [1.54, 1.807) is 0 Å². The number of carbonyl (C=O) groups is 1. The van der Waals surface area contributed by atoms with Crippen molar-refractivity contribution in [2.24, 2.45) is 5.41 Å². The van der Waals surface area contributed by atoms with Crippen molar-refractivity contribution in [1.29, 1.82) is 0 Å². The molecule has 2 aliphatic heterocycles. The van der Waals surface area contributed by atoms with Gasteiger partial charge in [0.15, 0.2) is 9.35 Å². The van der Waals surface area contributed by atoms with E-state index in [1.807, 2.05) is 38.6 Å². The number of anilines is 1. The van der Waals surface area contributed by atoms with Gasteiger partial charge in [0.1, 0.15) is 23.7 Å². The van der Waals surface area contributed by atoms with Crippen LogP contribution in [-0.4, -0.2) is 78.0 Å². The van der Waals surface area contributed by atoms with Crippen molar-refractivity contribution < 1.29 is 19.0 Å². The lowest BCUT2D eigenvalue weighted by atomic mass is 9.73. The van der Waals surface area contributed by atoms with E-state index in [4.69, 9.17) is 24.2 Å². The average Bonchev–Trinajstić information content (AvgIpc) is 3.27. The molecule has 0 unspecified atom stereocenters. The maximum Gasteiger partial charge on any atom is 0.407 e. The van der Waals surface area contributed by atoms with Crippen LogP contribution in [0.15, 0.2) is 6.20 Å². The molecule has 4 rings (SSSR count). The number of fused-ring (bicyclic) bond motifs is 1. The first-order valence-corrected chi connectivity index (χ1v) is 17.9. The molecule has 0 radical (unpaired) electrons. The molecule has 0 bridgehead atoms. The third-order valence-electron chi connectivity index (χ3n) is 7.12. The molecule has 2 fully saturated rings. The molecule has 12 heteroatoms. The minimum absolute atomic E-state index is 0.0624. The first kappa shape index (κ1) is 28.5. The Morgan fingerprint density at radius 2 is 2.00 bits per heavy atom. The van der Waals surface area contributed by atoms with E-state index in [0.717, 1.165) is 59.3 Å². The van der Waals surface area contributed by atoms with Crippen LogP contribution in [-0.2, 0) is 20.9 Å². The van der Waals surface area contributed by atoms with Gasteiger partial charge in [-0.2, -0.15) is 5.10 Å². The number of hydrogen-bond acceptors (Lipinski definition) is 8. The largest absolute Gasteiger partial charge is 0.444 e. The predicted octanol–water partition coefficient (Wildman–Crippen LogP) is 4.64. The molecule has 4 heterocycles. The molecule has 2 saturated heterocycles. The molecule has 0 aliphatic carbocycles. The zero-order chi connectivity index (χ0) is 27.0. The standard InChI is InChI=1S/C25H41IN6O4Si/c1-17-20(29-23(33)36-24(2,3)4)25(15-35-17)8-10-31(11-9-25)18-14-27-19-21(26)30-32(22(19)28-18)16-34-12-13-37(5,6)7/h14,17,20H,8-13,15-16H2,1-7H3,(H,29,33)/t17-,20+/m0/s1. The first-order valence-electron chi connectivity index (χ1n) is 13.1. The summed E-state index contributed by atoms with van der Waals surface area (Å²) < 4.78 is 20.1. The van der Waals surface area contributed by atoms with Gasteiger partial charge in [-0.05, 0) is 69.2 Å². The van der Waals surface area contributed by atoms with Crippen molar-refractivity contribution >= 4 is 53.7 Å². The van der Waals surface area contributed by atoms with E-state index in [9.17, 15) is 4.79 Å². The molecule has 1 N–H and O–H groups in total. The zero-order valence-corrected chi connectivity index (χ0v) is 26.3. The highest BCUT2D eigenvalue weighted by molar-refractivity contribution is 14.1. The lowest BCUT2D eigenvalue weighted by molar-refractivity contribution is 0.0434. The first-order chi connectivity index (χ1) is 17.3. The monoisotopic (exact) mass is 644 g/mol. The highest BCUT2D eigenvalue weighted by Gasteiger charge is 2.50. The topological polar surface area (TPSA) is 104 Å². The summed E-state index contributed by atoms with van der Waals surface area (Å²) in [6.07, 6.45) is 3.16. The summed E-state index contributed by atoms with van der Waals surface area (Å²) in [5, 5.41) is 7.73. The van der Waals surface area contributed by atoms with Crippen LogP contribution in [0.25, 0.3) is 11.2 Å². The molecule has 1 amide bonds. The van der Waals surface area contributed by atoms with E-state index in [2.05, 4.69) is 57.5 Å². The second kappa shape index (κ2) is 10.9. The molecule has 2 aromatic heterocycles. The Morgan fingerprint density at radius 3 is 2.65 bits per heavy atom. The molecule has 10 nitrogen and oxygen atoms in total. The zero-order valence-electron chi connectivity index (χ0n) is 23.1. The quantitative estimate of drug-likeness (QED) is 0.264. The van der Waals surface area contributed by atoms with Crippen LogP contribution in [0.1, 0.15) is 40.5 Å². The number of piperidine rings is 1. The maximum absolute atomic E-state index is 12.5. The molecule has 206 valence electrons. The highest BCUT2D eigenvalue weighted by atomic mass is 127. The SMILES string of the molecule is C[C@@H]1OCC2(CCN(c3cnc4c(I)nn(COCC[Si](C)(C)C)c4n3)CC2)[C@@H]1NC(=O)OC(C)(C)C. The average molecular weight is 645 g/mol. The number of hydrogen-bond donors (Lipinski definition) is 1. The molecule has 37 heavy (non-hydrogen) atoms. The Morgan fingerprint density at radius 1 is 1.30 bits per heavy atom. The number of halogens is 1. The van der Waals surface area contributed by atoms with E-state index in [0.29, 0.717) is 13.3 Å². The third kappa shape index (κ3) is 6.93. The molecule has 0 aromatic carbocycles. The maximum atomic E-state index is 12.5. The molecular weight excluding hydrogens is 603 g/mol. The Balaban J connectivity index is 1.43. The summed E-state index contributed by atoms with van der Waals surface area (Å²) in [6.45, 7) is 18.0. The number of ether oxygens (including phenoxy) is 3. The smallest absolute Gasteiger partial charge is 0.407 e. The van der Waals surface area contributed by atoms with E-state index in [-0.39, 0.29) is 23.7 Å². The fourth-order valence-corrected chi connectivity index (χ4v) is 6.39. The number of carbonyl (C=O) groups excluding carboxylic acids is 1. The second-order valence-corrected chi connectivity index (χ2v) is 19.2. The van der Waals surface area contributed by atoms with Gasteiger partial charge in [0.25, 0.3) is 0 Å². The van der Waals surface area contributed by atoms with Gasteiger partial charge in [-0.3, -0.25) is 0 Å². The van der Waals surface area contributed by atoms with Crippen LogP contribution in [0.2, 0.25) is 25.7 Å². The fourth-order valence-electron chi connectivity index (χ4n) is 4.99. The minimum atomic E-state index is -1.15. The van der Waals surface area contributed by atoms with Gasteiger partial charge in [-0.1, -0.05) is 19.6 Å². The Bertz CT molecular complexity index is 1110. The third-order valence-corrected chi connectivity index (χ3v) is 9.55. The molecular formula is C25H41IN6O4Si. The van der Waals surface area contributed by atoms with E-state index >= 15 is 0 Å². The number of aromatic nitrogens is 4. The van der Waals surface area contributed by atoms with Gasteiger partial charge < -0.3 is 24.4 Å². The van der Waals surface area contributed by atoms with Crippen LogP contribution in [0, 0.1) is 9.12 Å². The summed E-state index contributed by atoms with van der Waals surface area (Å²) in [4.78, 5) is 24.4. The molecule has 2 aliphatic rings. The Kier molecular flexibility index (Phi) is 8.42. The van der Waals surface area contributed by atoms with Crippen molar-refractivity contribution in [3.63, 3.8) is 0 Å². The molecule has 2 atom stereocenters. The highest BCUT2D eigenvalue weighted by Crippen LogP contribution is 2.43. The minimum Gasteiger partial charge on any atom is -0.444 e. The number of rotatable bonds is 7. The van der Waals surface area contributed by atoms with Gasteiger partial charge in [-0.15, -0.1) is 0 Å². The molecule has 2 aromatic rings. The van der Waals surface area contributed by atoms with Gasteiger partial charge in [0.2, 0.25) is 0 Å². The van der Waals surface area contributed by atoms with Crippen molar-refractivity contribution in [1.82, 2.24) is 25.1 Å². The summed E-state index contributed by atoms with van der Waals surface area (Å²) in [6, 6.07) is 1.02. The number of amides is 1. The van der Waals surface area contributed by atoms with Crippen molar-refractivity contribution in [2.45, 2.75) is 90.7 Å². The number of nitrogens with one attached hydrogen (secondary N) is 1. The lowest BCUT2D eigenvalue weighted by Crippen LogP contribution is -2.55. The van der Waals surface area contributed by atoms with Crippen LogP contribution in [0.5, 0.6) is 0 Å². The summed E-state index contributed by atoms with van der Waals surface area (Å²) in [5.41, 5.74) is 0.888. The predicted molar refractivity (Wildman–Crippen MR) is 155 cm³/mol. The normalized spacial score (nSPS) is 22.1. The van der Waals surface area contributed by atoms with Crippen molar-refractivity contribution in [2.75, 3.05) is 31.2 Å². The molecule has 0 saturated carbocycles. The summed E-state index contributed by atoms with van der Waals surface area (Å²) in [5.74, 6) is 0.839. The van der Waals surface area contributed by atoms with Crippen LogP contribution in [0.4, 0.5) is 10.6 Å². The summed E-state index contributed by atoms with van der Waals surface area (Å²) in [7, 11) is -1.15. The van der Waals surface area contributed by atoms with E-state index in [1.165, 1.54) is 0 Å². The van der Waals surface area contributed by atoms with Gasteiger partial charge in [0, 0.05) is 33.2 Å². The number of alkyl carbamates (subject to hydrolysis) is 1. The fraction of sp³-hybridized carbons (Fsp3) is 0.760. The Hall–Kier alpha value is -1.51. The van der Waals surface area contributed by atoms with Gasteiger partial charge >= 0.3 is 6.09 Å². The lowest BCUT2D eigenvalue weighted by Gasteiger charge is -2.42. The molecule has 1 spiro atoms. The van der Waals surface area contributed by atoms with Gasteiger partial charge in [0.05, 0.1) is 24.9 Å². The summed E-state index contributed by atoms with van der Waals surface area (Å²) >= 11 is 2.21.